The molecule has 21 heavy (non-hydrogen) atoms. The first-order valence-corrected chi connectivity index (χ1v) is 5.89. The molecule has 0 bridgehead atoms. The quantitative estimate of drug-likeness (QED) is 0.673. The van der Waals surface area contributed by atoms with Gasteiger partial charge in [0.2, 0.25) is 0 Å². The molecule has 0 fully saturated rings. The summed E-state index contributed by atoms with van der Waals surface area (Å²) in [5, 5.41) is 24.4. The van der Waals surface area contributed by atoms with Gasteiger partial charge in [-0.15, -0.1) is 0 Å². The summed E-state index contributed by atoms with van der Waals surface area (Å²) in [6, 6.07) is 9.14. The second-order valence-corrected chi connectivity index (χ2v) is 4.16. The molecule has 0 saturated heterocycles. The molecule has 0 aliphatic carbocycles. The lowest BCUT2D eigenvalue weighted by atomic mass is 10.1. The Labute approximate surface area is 118 Å². The molecule has 0 atom stereocenters. The van der Waals surface area contributed by atoms with Crippen molar-refractivity contribution >= 4 is 17.1 Å². The number of nitro benzene ring substituents is 2. The Hall–Kier alpha value is -3.03. The van der Waals surface area contributed by atoms with Gasteiger partial charge in [0.15, 0.2) is 0 Å². The van der Waals surface area contributed by atoms with Crippen molar-refractivity contribution in [1.82, 2.24) is 0 Å². The molecule has 0 radical (unpaired) electrons. The Morgan fingerprint density at radius 2 is 1.67 bits per heavy atom. The molecule has 0 amide bonds. The highest BCUT2D eigenvalue weighted by Gasteiger charge is 2.17. The predicted octanol–water partition coefficient (Wildman–Crippen LogP) is 3.25. The topological polar surface area (TPSA) is 98.3 Å². The molecular formula is C13H10FN3O4. The minimum absolute atomic E-state index is 0.0175. The van der Waals surface area contributed by atoms with E-state index in [1.807, 2.05) is 0 Å². The first kappa shape index (κ1) is 14.4. The maximum atomic E-state index is 13.0. The summed E-state index contributed by atoms with van der Waals surface area (Å²) in [7, 11) is 0. The van der Waals surface area contributed by atoms with Crippen molar-refractivity contribution in [3.8, 4) is 0 Å². The van der Waals surface area contributed by atoms with E-state index in [-0.39, 0.29) is 17.9 Å². The molecule has 0 spiro atoms. The van der Waals surface area contributed by atoms with Crippen molar-refractivity contribution in [2.45, 2.75) is 6.54 Å². The van der Waals surface area contributed by atoms with Gasteiger partial charge >= 0.3 is 0 Å². The molecule has 2 aromatic rings. The van der Waals surface area contributed by atoms with Gasteiger partial charge in [-0.2, -0.15) is 0 Å². The fourth-order valence-corrected chi connectivity index (χ4v) is 1.83. The molecule has 1 N–H and O–H groups in total. The van der Waals surface area contributed by atoms with Crippen LogP contribution < -0.4 is 5.32 Å². The van der Waals surface area contributed by atoms with E-state index in [1.54, 1.807) is 12.1 Å². The average molecular weight is 291 g/mol. The van der Waals surface area contributed by atoms with Crippen LogP contribution in [0.5, 0.6) is 0 Å². The molecule has 0 aromatic heterocycles. The molecule has 0 aliphatic heterocycles. The van der Waals surface area contributed by atoms with Gasteiger partial charge in [0, 0.05) is 18.2 Å². The van der Waals surface area contributed by atoms with Crippen LogP contribution in [-0.2, 0) is 6.54 Å². The van der Waals surface area contributed by atoms with Crippen molar-refractivity contribution in [2.24, 2.45) is 0 Å². The normalized spacial score (nSPS) is 10.1. The molecule has 108 valence electrons. The Balaban J connectivity index is 2.25. The number of nitrogens with one attached hydrogen (secondary N) is 1. The molecule has 0 saturated carbocycles. The third-order valence-corrected chi connectivity index (χ3v) is 2.81. The van der Waals surface area contributed by atoms with Gasteiger partial charge in [0.05, 0.1) is 15.9 Å². The summed E-state index contributed by atoms with van der Waals surface area (Å²) in [6.07, 6.45) is 0. The third kappa shape index (κ3) is 3.30. The Morgan fingerprint density at radius 1 is 1.00 bits per heavy atom. The number of para-hydroxylation sites is 1. The van der Waals surface area contributed by atoms with Crippen LogP contribution in [0.1, 0.15) is 5.56 Å². The number of rotatable bonds is 5. The van der Waals surface area contributed by atoms with Crippen LogP contribution in [-0.4, -0.2) is 9.85 Å². The lowest BCUT2D eigenvalue weighted by molar-refractivity contribution is -0.385. The van der Waals surface area contributed by atoms with Crippen molar-refractivity contribution in [2.75, 3.05) is 5.32 Å². The van der Waals surface area contributed by atoms with Gasteiger partial charge in [-0.05, 0) is 12.1 Å². The highest BCUT2D eigenvalue weighted by molar-refractivity contribution is 5.62. The zero-order chi connectivity index (χ0) is 15.4. The SMILES string of the molecule is O=[N+]([O-])c1ccccc1CNc1ccc(F)cc1[N+](=O)[O-]. The zero-order valence-corrected chi connectivity index (χ0v) is 10.7. The lowest BCUT2D eigenvalue weighted by Gasteiger charge is -2.07. The fraction of sp³-hybridized carbons (Fsp3) is 0.0769. The van der Waals surface area contributed by atoms with Crippen LogP contribution in [0.2, 0.25) is 0 Å². The van der Waals surface area contributed by atoms with Gasteiger partial charge in [-0.1, -0.05) is 18.2 Å². The first-order chi connectivity index (χ1) is 9.99. The second-order valence-electron chi connectivity index (χ2n) is 4.16. The van der Waals surface area contributed by atoms with E-state index in [9.17, 15) is 24.6 Å². The molecule has 0 aliphatic rings. The van der Waals surface area contributed by atoms with Crippen LogP contribution in [0, 0.1) is 26.0 Å². The van der Waals surface area contributed by atoms with Gasteiger partial charge in [-0.3, -0.25) is 20.2 Å². The standard InChI is InChI=1S/C13H10FN3O4/c14-10-5-6-11(13(7-10)17(20)21)15-8-9-3-1-2-4-12(9)16(18)19/h1-7,15H,8H2. The van der Waals surface area contributed by atoms with E-state index in [2.05, 4.69) is 5.32 Å². The molecular weight excluding hydrogens is 281 g/mol. The summed E-state index contributed by atoms with van der Waals surface area (Å²) in [5.41, 5.74) is -0.0379. The maximum Gasteiger partial charge on any atom is 0.295 e. The number of nitro groups is 2. The zero-order valence-electron chi connectivity index (χ0n) is 10.7. The van der Waals surface area contributed by atoms with Crippen LogP contribution in [0.25, 0.3) is 0 Å². The number of hydrogen-bond acceptors (Lipinski definition) is 5. The summed E-state index contributed by atoms with van der Waals surface area (Å²) in [4.78, 5) is 20.5. The van der Waals surface area contributed by atoms with Crippen molar-refractivity contribution in [1.29, 1.82) is 0 Å². The predicted molar refractivity (Wildman–Crippen MR) is 73.5 cm³/mol. The molecule has 8 heteroatoms. The first-order valence-electron chi connectivity index (χ1n) is 5.89. The number of nitrogens with zero attached hydrogens (tertiary/aromatic N) is 2. The van der Waals surface area contributed by atoms with Gasteiger partial charge < -0.3 is 5.32 Å². The number of benzene rings is 2. The monoisotopic (exact) mass is 291 g/mol. The highest BCUT2D eigenvalue weighted by atomic mass is 19.1. The highest BCUT2D eigenvalue weighted by Crippen LogP contribution is 2.26. The van der Waals surface area contributed by atoms with Crippen LogP contribution >= 0.6 is 0 Å². The smallest absolute Gasteiger partial charge is 0.295 e. The lowest BCUT2D eigenvalue weighted by Crippen LogP contribution is -2.05. The van der Waals surface area contributed by atoms with Crippen LogP contribution in [0.15, 0.2) is 42.5 Å². The molecule has 2 rings (SSSR count). The minimum atomic E-state index is -0.724. The van der Waals surface area contributed by atoms with E-state index in [0.29, 0.717) is 5.56 Å². The molecule has 0 heterocycles. The molecule has 0 unspecified atom stereocenters. The van der Waals surface area contributed by atoms with Gasteiger partial charge in [0.1, 0.15) is 11.5 Å². The molecule has 7 nitrogen and oxygen atoms in total. The van der Waals surface area contributed by atoms with E-state index >= 15 is 0 Å². The van der Waals surface area contributed by atoms with E-state index in [0.717, 1.165) is 12.1 Å². The summed E-state index contributed by atoms with van der Waals surface area (Å²) in [6.45, 7) is 0.0175. The average Bonchev–Trinajstić information content (AvgIpc) is 2.46. The van der Waals surface area contributed by atoms with E-state index < -0.39 is 21.4 Å². The second kappa shape index (κ2) is 5.95. The summed E-state index contributed by atoms with van der Waals surface area (Å²) in [5.74, 6) is -0.724. The number of anilines is 1. The minimum Gasteiger partial charge on any atom is -0.375 e. The number of halogens is 1. The largest absolute Gasteiger partial charge is 0.375 e. The van der Waals surface area contributed by atoms with Crippen molar-refractivity contribution in [3.63, 3.8) is 0 Å². The van der Waals surface area contributed by atoms with Gasteiger partial charge in [-0.25, -0.2) is 4.39 Å². The fourth-order valence-electron chi connectivity index (χ4n) is 1.83. The Morgan fingerprint density at radius 3 is 2.33 bits per heavy atom. The van der Waals surface area contributed by atoms with Crippen molar-refractivity contribution in [3.05, 3.63) is 74.1 Å². The van der Waals surface area contributed by atoms with Crippen LogP contribution in [0.4, 0.5) is 21.5 Å². The molecule has 2 aromatic carbocycles. The Kier molecular flexibility index (Phi) is 4.07. The van der Waals surface area contributed by atoms with Gasteiger partial charge in [0.25, 0.3) is 11.4 Å². The van der Waals surface area contributed by atoms with Crippen LogP contribution in [0.3, 0.4) is 0 Å². The Bertz CT molecular complexity index is 706. The van der Waals surface area contributed by atoms with Crippen molar-refractivity contribution < 1.29 is 14.2 Å². The summed E-state index contributed by atoms with van der Waals surface area (Å²) >= 11 is 0. The van der Waals surface area contributed by atoms with E-state index in [1.165, 1.54) is 18.2 Å². The summed E-state index contributed by atoms with van der Waals surface area (Å²) < 4.78 is 13.0. The number of hydrogen-bond donors (Lipinski definition) is 1. The van der Waals surface area contributed by atoms with E-state index in [4.69, 9.17) is 0 Å². The maximum absolute atomic E-state index is 13.0. The third-order valence-electron chi connectivity index (χ3n) is 2.81.